The molecule has 0 saturated heterocycles. The van der Waals surface area contributed by atoms with Crippen molar-refractivity contribution in [2.45, 2.75) is 20.8 Å². The Morgan fingerprint density at radius 2 is 1.96 bits per heavy atom. The van der Waals surface area contributed by atoms with Gasteiger partial charge >= 0.3 is 11.3 Å². The van der Waals surface area contributed by atoms with Gasteiger partial charge in [0.1, 0.15) is 6.34 Å². The van der Waals surface area contributed by atoms with Crippen molar-refractivity contribution in [1.82, 2.24) is 5.32 Å². The standard InChI is InChI=1S/C14H23N4O3PS/c1-4-21-14(19)16-13(23-22(20,5-2)6-3)18-17-12-10-8-7-9-11(12)15/h7-10,17H,4-6,15H2,1-3H3,(H,16,18,19)/p+1. The Morgan fingerprint density at radius 3 is 2.52 bits per heavy atom. The Kier molecular flexibility index (Phi) is 7.98. The van der Waals surface area contributed by atoms with Gasteiger partial charge in [0.25, 0.3) is 0 Å². The number of rotatable bonds is 6. The summed E-state index contributed by atoms with van der Waals surface area (Å²) in [6.45, 7) is 5.69. The number of anilines is 2. The first-order valence-electron chi connectivity index (χ1n) is 7.39. The molecule has 9 heteroatoms. The molecule has 0 aliphatic heterocycles. The van der Waals surface area contributed by atoms with E-state index in [0.29, 0.717) is 28.9 Å². The average molecular weight is 359 g/mol. The van der Waals surface area contributed by atoms with Gasteiger partial charge in [-0.25, -0.2) is 5.43 Å². The summed E-state index contributed by atoms with van der Waals surface area (Å²) < 4.78 is 17.5. The van der Waals surface area contributed by atoms with E-state index >= 15 is 0 Å². The van der Waals surface area contributed by atoms with Gasteiger partial charge < -0.3 is 15.0 Å². The van der Waals surface area contributed by atoms with Crippen molar-refractivity contribution in [3.8, 4) is 0 Å². The molecular formula is C14H24N4O3PS+. The largest absolute Gasteiger partial charge is 0.505 e. The Balaban J connectivity index is 2.93. The first-order chi connectivity index (χ1) is 10.9. The van der Waals surface area contributed by atoms with Crippen LogP contribution in [0.1, 0.15) is 20.8 Å². The number of para-hydroxylation sites is 2. The lowest BCUT2D eigenvalue weighted by atomic mass is 10.3. The fourth-order valence-corrected chi connectivity index (χ4v) is 4.90. The third-order valence-electron chi connectivity index (χ3n) is 2.98. The van der Waals surface area contributed by atoms with E-state index in [1.807, 2.05) is 26.0 Å². The monoisotopic (exact) mass is 359 g/mol. The van der Waals surface area contributed by atoms with Crippen molar-refractivity contribution < 1.29 is 19.2 Å². The van der Waals surface area contributed by atoms with E-state index in [2.05, 4.69) is 15.8 Å². The molecule has 0 saturated carbocycles. The van der Waals surface area contributed by atoms with Gasteiger partial charge in [-0.3, -0.25) is 0 Å². The van der Waals surface area contributed by atoms with E-state index in [4.69, 9.17) is 10.5 Å². The maximum atomic E-state index is 12.6. The number of nitrogens with two attached hydrogens (primary N) is 1. The molecule has 1 aromatic rings. The fraction of sp³-hybridized carbons (Fsp3) is 0.429. The highest BCUT2D eigenvalue weighted by atomic mass is 32.7. The molecule has 0 aromatic heterocycles. The van der Waals surface area contributed by atoms with Gasteiger partial charge in [-0.2, -0.15) is 15.2 Å². The molecule has 0 heterocycles. The summed E-state index contributed by atoms with van der Waals surface area (Å²) in [6.07, 6.45) is -2.03. The maximum Gasteiger partial charge on any atom is 0.505 e. The second-order valence-electron chi connectivity index (χ2n) is 4.55. The van der Waals surface area contributed by atoms with Crippen LogP contribution in [0, 0.1) is 0 Å². The van der Waals surface area contributed by atoms with Gasteiger partial charge in [0, 0.05) is 23.7 Å². The number of alkyl carbamates (subject to hydrolysis) is 1. The normalized spacial score (nSPS) is 11.9. The Bertz CT molecular complexity index is 601. The van der Waals surface area contributed by atoms with Crippen LogP contribution in [0.2, 0.25) is 0 Å². The topological polar surface area (TPSA) is 107 Å². The Labute approximate surface area is 140 Å². The molecule has 0 spiro atoms. The van der Waals surface area contributed by atoms with Crippen LogP contribution in [0.25, 0.3) is 0 Å². The van der Waals surface area contributed by atoms with Gasteiger partial charge in [-0.15, -0.1) is 0 Å². The molecule has 128 valence electrons. The molecule has 0 bridgehead atoms. The SMILES string of the molecule is CCOC(=O)NC(=[NH+]Nc1ccccc1N)SP(=O)(CC)CC. The molecule has 1 amide bonds. The maximum absolute atomic E-state index is 12.6. The minimum absolute atomic E-state index is 0.252. The van der Waals surface area contributed by atoms with Crippen LogP contribution in [0.5, 0.6) is 0 Å². The highest BCUT2D eigenvalue weighted by molar-refractivity contribution is 8.65. The van der Waals surface area contributed by atoms with E-state index in [1.165, 1.54) is 0 Å². The first-order valence-corrected chi connectivity index (χ1v) is 10.9. The van der Waals surface area contributed by atoms with Gasteiger partial charge in [-0.05, 0) is 19.1 Å². The number of hydrazone groups is 1. The lowest BCUT2D eigenvalue weighted by Gasteiger charge is -2.12. The van der Waals surface area contributed by atoms with Crippen molar-refractivity contribution in [1.29, 1.82) is 0 Å². The van der Waals surface area contributed by atoms with E-state index in [0.717, 1.165) is 11.4 Å². The zero-order chi connectivity index (χ0) is 17.3. The first kappa shape index (κ1) is 19.4. The van der Waals surface area contributed by atoms with Crippen molar-refractivity contribution >= 4 is 40.4 Å². The zero-order valence-electron chi connectivity index (χ0n) is 13.6. The van der Waals surface area contributed by atoms with Crippen molar-refractivity contribution in [2.75, 3.05) is 30.1 Å². The molecule has 0 unspecified atom stereocenters. The number of hydrazine groups is 1. The predicted octanol–water partition coefficient (Wildman–Crippen LogP) is 1.83. The van der Waals surface area contributed by atoms with E-state index < -0.39 is 12.4 Å². The summed E-state index contributed by atoms with van der Waals surface area (Å²) in [6, 6.07) is 7.18. The lowest BCUT2D eigenvalue weighted by molar-refractivity contribution is -0.417. The Morgan fingerprint density at radius 1 is 1.30 bits per heavy atom. The molecule has 0 atom stereocenters. The smallest absolute Gasteiger partial charge is 0.432 e. The highest BCUT2D eigenvalue weighted by Crippen LogP contribution is 2.57. The van der Waals surface area contributed by atoms with Crippen molar-refractivity contribution in [2.24, 2.45) is 0 Å². The Hall–Kier alpha value is -1.66. The summed E-state index contributed by atoms with van der Waals surface area (Å²) >= 11 is 1.12. The zero-order valence-corrected chi connectivity index (χ0v) is 15.3. The molecule has 23 heavy (non-hydrogen) atoms. The highest BCUT2D eigenvalue weighted by Gasteiger charge is 2.27. The number of hydrogen-bond donors (Lipinski definition) is 4. The number of benzene rings is 1. The van der Waals surface area contributed by atoms with Crippen molar-refractivity contribution in [3.63, 3.8) is 0 Å². The number of nitrogens with one attached hydrogen (secondary N) is 3. The molecule has 1 aromatic carbocycles. The van der Waals surface area contributed by atoms with Gasteiger partial charge in [0.05, 0.1) is 18.0 Å². The quantitative estimate of drug-likeness (QED) is 0.203. The van der Waals surface area contributed by atoms with E-state index in [1.54, 1.807) is 19.1 Å². The van der Waals surface area contributed by atoms with Gasteiger partial charge in [-0.1, -0.05) is 26.0 Å². The van der Waals surface area contributed by atoms with Crippen molar-refractivity contribution in [3.05, 3.63) is 24.3 Å². The molecule has 0 aliphatic carbocycles. The average Bonchev–Trinajstić information content (AvgIpc) is 2.54. The third kappa shape index (κ3) is 6.54. The van der Waals surface area contributed by atoms with E-state index in [9.17, 15) is 9.36 Å². The van der Waals surface area contributed by atoms with Crippen LogP contribution in [0.15, 0.2) is 24.3 Å². The summed E-state index contributed by atoms with van der Waals surface area (Å²) in [5, 5.41) is 5.74. The number of amidine groups is 1. The minimum Gasteiger partial charge on any atom is -0.432 e. The fourth-order valence-electron chi connectivity index (χ4n) is 1.59. The lowest BCUT2D eigenvalue weighted by Crippen LogP contribution is -2.79. The molecule has 5 N–H and O–H groups in total. The second kappa shape index (κ2) is 9.47. The van der Waals surface area contributed by atoms with Crippen LogP contribution in [-0.2, 0) is 9.30 Å². The van der Waals surface area contributed by atoms with Crippen LogP contribution < -0.4 is 21.6 Å². The van der Waals surface area contributed by atoms with Gasteiger partial charge in [0.2, 0.25) is 0 Å². The number of carbonyl (C=O) groups is 1. The number of hydrogen-bond acceptors (Lipinski definition) is 6. The summed E-state index contributed by atoms with van der Waals surface area (Å²) in [4.78, 5) is 11.6. The molecule has 0 aliphatic rings. The third-order valence-corrected chi connectivity index (χ3v) is 8.73. The molecule has 7 nitrogen and oxygen atoms in total. The molecule has 0 radical (unpaired) electrons. The van der Waals surface area contributed by atoms with E-state index in [-0.39, 0.29) is 6.61 Å². The number of nitrogen functional groups attached to an aromatic ring is 1. The van der Waals surface area contributed by atoms with Crippen LogP contribution >= 0.6 is 17.7 Å². The van der Waals surface area contributed by atoms with Crippen LogP contribution in [-0.4, -0.2) is 30.2 Å². The molecular weight excluding hydrogens is 335 g/mol. The summed E-state index contributed by atoms with van der Waals surface area (Å²) in [5.41, 5.74) is 9.96. The predicted molar refractivity (Wildman–Crippen MR) is 96.9 cm³/mol. The van der Waals surface area contributed by atoms with Crippen LogP contribution in [0.3, 0.4) is 0 Å². The molecule has 0 fully saturated rings. The van der Waals surface area contributed by atoms with Crippen LogP contribution in [0.4, 0.5) is 16.2 Å². The van der Waals surface area contributed by atoms with Gasteiger partial charge in [0.15, 0.2) is 0 Å². The number of carbonyl (C=O) groups excluding carboxylic acids is 1. The summed E-state index contributed by atoms with van der Waals surface area (Å²) in [5.74, 6) is 0. The number of amides is 1. The molecule has 1 rings (SSSR count). The second-order valence-corrected chi connectivity index (χ2v) is 10.6. The number of ether oxygens (including phenoxy) is 1. The minimum atomic E-state index is -2.47. The summed E-state index contributed by atoms with van der Waals surface area (Å²) in [7, 11) is 0.